The first kappa shape index (κ1) is 18.2. The van der Waals surface area contributed by atoms with Crippen molar-refractivity contribution in [2.24, 2.45) is 0 Å². The predicted molar refractivity (Wildman–Crippen MR) is 94.2 cm³/mol. The standard InChI is InChI=1S/C19H19FN2O3/c1-4-18(23)22(2)15-7-5-13(6-8-15)19(24)21-12-14-11-16(25-3)9-10-17(14)20/h4-11H,1,12H2,2-3H3,(H,21,24). The third-order valence-corrected chi connectivity index (χ3v) is 3.71. The zero-order valence-corrected chi connectivity index (χ0v) is 14.1. The first-order valence-electron chi connectivity index (χ1n) is 7.57. The average Bonchev–Trinajstić information content (AvgIpc) is 2.66. The van der Waals surface area contributed by atoms with E-state index in [1.807, 2.05) is 0 Å². The van der Waals surface area contributed by atoms with E-state index < -0.39 is 5.82 Å². The second-order valence-electron chi connectivity index (χ2n) is 5.29. The number of nitrogens with zero attached hydrogens (tertiary/aromatic N) is 1. The first-order chi connectivity index (χ1) is 12.0. The summed E-state index contributed by atoms with van der Waals surface area (Å²) in [6.07, 6.45) is 1.21. The van der Waals surface area contributed by atoms with E-state index in [9.17, 15) is 14.0 Å². The summed E-state index contributed by atoms with van der Waals surface area (Å²) in [5, 5.41) is 2.66. The molecule has 1 N–H and O–H groups in total. The van der Waals surface area contributed by atoms with Crippen molar-refractivity contribution in [3.63, 3.8) is 0 Å². The molecule has 5 nitrogen and oxygen atoms in total. The van der Waals surface area contributed by atoms with Crippen LogP contribution in [0.4, 0.5) is 10.1 Å². The van der Waals surface area contributed by atoms with Crippen molar-refractivity contribution in [3.8, 4) is 5.75 Å². The number of nitrogens with one attached hydrogen (secondary N) is 1. The zero-order chi connectivity index (χ0) is 18.4. The summed E-state index contributed by atoms with van der Waals surface area (Å²) >= 11 is 0. The molecule has 0 aromatic heterocycles. The monoisotopic (exact) mass is 342 g/mol. The Labute approximate surface area is 145 Å². The zero-order valence-electron chi connectivity index (χ0n) is 14.1. The Bertz CT molecular complexity index is 788. The number of benzene rings is 2. The fourth-order valence-electron chi connectivity index (χ4n) is 2.19. The summed E-state index contributed by atoms with van der Waals surface area (Å²) in [6, 6.07) is 10.8. The van der Waals surface area contributed by atoms with Gasteiger partial charge >= 0.3 is 0 Å². The van der Waals surface area contributed by atoms with E-state index in [2.05, 4.69) is 11.9 Å². The van der Waals surface area contributed by atoms with Gasteiger partial charge in [0.15, 0.2) is 0 Å². The summed E-state index contributed by atoms with van der Waals surface area (Å²) in [5.74, 6) is -0.483. The Balaban J connectivity index is 2.04. The summed E-state index contributed by atoms with van der Waals surface area (Å²) in [4.78, 5) is 25.2. The molecule has 0 aliphatic carbocycles. The molecule has 0 saturated carbocycles. The van der Waals surface area contributed by atoms with E-state index in [-0.39, 0.29) is 18.4 Å². The van der Waals surface area contributed by atoms with Crippen LogP contribution in [0.1, 0.15) is 15.9 Å². The van der Waals surface area contributed by atoms with Crippen molar-refractivity contribution in [1.29, 1.82) is 0 Å². The van der Waals surface area contributed by atoms with Crippen LogP contribution in [-0.4, -0.2) is 26.0 Å². The van der Waals surface area contributed by atoms with Crippen LogP contribution in [0, 0.1) is 5.82 Å². The summed E-state index contributed by atoms with van der Waals surface area (Å²) in [7, 11) is 3.11. The molecule has 0 heterocycles. The van der Waals surface area contributed by atoms with Gasteiger partial charge in [0, 0.05) is 30.4 Å². The number of methoxy groups -OCH3 is 1. The SMILES string of the molecule is C=CC(=O)N(C)c1ccc(C(=O)NCc2cc(OC)ccc2F)cc1. The van der Waals surface area contributed by atoms with Crippen molar-refractivity contribution < 1.29 is 18.7 Å². The molecule has 2 aromatic rings. The molecular weight excluding hydrogens is 323 g/mol. The molecule has 0 aliphatic heterocycles. The van der Waals surface area contributed by atoms with E-state index >= 15 is 0 Å². The molecule has 2 amide bonds. The molecule has 0 radical (unpaired) electrons. The minimum atomic E-state index is -0.416. The molecule has 6 heteroatoms. The molecule has 0 atom stereocenters. The number of anilines is 1. The lowest BCUT2D eigenvalue weighted by molar-refractivity contribution is -0.113. The average molecular weight is 342 g/mol. The Kier molecular flexibility index (Phi) is 5.89. The van der Waals surface area contributed by atoms with Crippen LogP contribution < -0.4 is 15.0 Å². The van der Waals surface area contributed by atoms with Gasteiger partial charge in [0.25, 0.3) is 5.91 Å². The highest BCUT2D eigenvalue weighted by Gasteiger charge is 2.11. The molecule has 2 rings (SSSR count). The number of likely N-dealkylation sites (N-methyl/N-ethyl adjacent to an activating group) is 1. The molecule has 0 saturated heterocycles. The van der Waals surface area contributed by atoms with Crippen LogP contribution in [0.5, 0.6) is 5.75 Å². The van der Waals surface area contributed by atoms with Gasteiger partial charge in [0.1, 0.15) is 11.6 Å². The van der Waals surface area contributed by atoms with Gasteiger partial charge in [-0.3, -0.25) is 9.59 Å². The number of hydrogen-bond acceptors (Lipinski definition) is 3. The van der Waals surface area contributed by atoms with Crippen LogP contribution in [0.2, 0.25) is 0 Å². The molecule has 2 aromatic carbocycles. The van der Waals surface area contributed by atoms with E-state index in [0.29, 0.717) is 22.6 Å². The van der Waals surface area contributed by atoms with Crippen molar-refractivity contribution in [2.45, 2.75) is 6.54 Å². The van der Waals surface area contributed by atoms with Gasteiger partial charge in [0.2, 0.25) is 5.91 Å². The van der Waals surface area contributed by atoms with Crippen molar-refractivity contribution in [1.82, 2.24) is 5.32 Å². The van der Waals surface area contributed by atoms with Gasteiger partial charge in [-0.25, -0.2) is 4.39 Å². The number of rotatable bonds is 6. The highest BCUT2D eigenvalue weighted by Crippen LogP contribution is 2.17. The Morgan fingerprint density at radius 3 is 2.52 bits per heavy atom. The van der Waals surface area contributed by atoms with Crippen LogP contribution in [0.15, 0.2) is 55.1 Å². The second kappa shape index (κ2) is 8.10. The van der Waals surface area contributed by atoms with Crippen LogP contribution in [0.3, 0.4) is 0 Å². The molecular formula is C19H19FN2O3. The number of hydrogen-bond donors (Lipinski definition) is 1. The maximum atomic E-state index is 13.8. The lowest BCUT2D eigenvalue weighted by Crippen LogP contribution is -2.25. The lowest BCUT2D eigenvalue weighted by Gasteiger charge is -2.15. The predicted octanol–water partition coefficient (Wildman–Crippen LogP) is 2.91. The Hall–Kier alpha value is -3.15. The Morgan fingerprint density at radius 1 is 1.24 bits per heavy atom. The maximum absolute atomic E-state index is 13.8. The van der Waals surface area contributed by atoms with E-state index in [4.69, 9.17) is 4.74 Å². The minimum Gasteiger partial charge on any atom is -0.497 e. The van der Waals surface area contributed by atoms with Gasteiger partial charge in [-0.1, -0.05) is 6.58 Å². The third kappa shape index (κ3) is 4.44. The van der Waals surface area contributed by atoms with E-state index in [1.165, 1.54) is 36.3 Å². The summed E-state index contributed by atoms with van der Waals surface area (Å²) in [6.45, 7) is 3.47. The van der Waals surface area contributed by atoms with E-state index in [1.54, 1.807) is 31.3 Å². The normalized spacial score (nSPS) is 10.0. The molecule has 0 aliphatic rings. The molecule has 130 valence electrons. The largest absolute Gasteiger partial charge is 0.497 e. The lowest BCUT2D eigenvalue weighted by atomic mass is 10.1. The van der Waals surface area contributed by atoms with Crippen LogP contribution >= 0.6 is 0 Å². The molecule has 25 heavy (non-hydrogen) atoms. The number of halogens is 1. The maximum Gasteiger partial charge on any atom is 0.251 e. The number of carbonyl (C=O) groups is 2. The van der Waals surface area contributed by atoms with Crippen molar-refractivity contribution in [2.75, 3.05) is 19.1 Å². The van der Waals surface area contributed by atoms with E-state index in [0.717, 1.165) is 0 Å². The van der Waals surface area contributed by atoms with Gasteiger partial charge in [-0.15, -0.1) is 0 Å². The highest BCUT2D eigenvalue weighted by molar-refractivity contribution is 6.01. The number of ether oxygens (including phenoxy) is 1. The minimum absolute atomic E-state index is 0.0401. The quantitative estimate of drug-likeness (QED) is 0.821. The first-order valence-corrected chi connectivity index (χ1v) is 7.57. The summed E-state index contributed by atoms with van der Waals surface area (Å²) in [5.41, 5.74) is 1.38. The number of carbonyl (C=O) groups excluding carboxylic acids is 2. The molecule has 0 fully saturated rings. The van der Waals surface area contributed by atoms with Crippen LogP contribution in [-0.2, 0) is 11.3 Å². The van der Waals surface area contributed by atoms with Gasteiger partial charge in [-0.05, 0) is 48.5 Å². The highest BCUT2D eigenvalue weighted by atomic mass is 19.1. The van der Waals surface area contributed by atoms with Gasteiger partial charge in [0.05, 0.1) is 7.11 Å². The second-order valence-corrected chi connectivity index (χ2v) is 5.29. The molecule has 0 spiro atoms. The number of amides is 2. The Morgan fingerprint density at radius 2 is 1.92 bits per heavy atom. The van der Waals surface area contributed by atoms with Crippen molar-refractivity contribution in [3.05, 3.63) is 72.1 Å². The smallest absolute Gasteiger partial charge is 0.251 e. The van der Waals surface area contributed by atoms with Gasteiger partial charge < -0.3 is 15.0 Å². The molecule has 0 unspecified atom stereocenters. The fourth-order valence-corrected chi connectivity index (χ4v) is 2.19. The topological polar surface area (TPSA) is 58.6 Å². The van der Waals surface area contributed by atoms with Crippen LogP contribution in [0.25, 0.3) is 0 Å². The third-order valence-electron chi connectivity index (χ3n) is 3.71. The van der Waals surface area contributed by atoms with Gasteiger partial charge in [-0.2, -0.15) is 0 Å². The fraction of sp³-hybridized carbons (Fsp3) is 0.158. The summed E-state index contributed by atoms with van der Waals surface area (Å²) < 4.78 is 18.8. The van der Waals surface area contributed by atoms with Crippen molar-refractivity contribution >= 4 is 17.5 Å². The molecule has 0 bridgehead atoms.